The predicted molar refractivity (Wildman–Crippen MR) is 84.4 cm³/mol. The van der Waals surface area contributed by atoms with E-state index in [-0.39, 0.29) is 18.3 Å². The molecular formula is C14H21ClN2OS. The molecule has 0 radical (unpaired) electrons. The first-order valence-electron chi connectivity index (χ1n) is 6.45. The van der Waals surface area contributed by atoms with Crippen molar-refractivity contribution in [2.24, 2.45) is 0 Å². The summed E-state index contributed by atoms with van der Waals surface area (Å²) in [5, 5.41) is 6.35. The lowest BCUT2D eigenvalue weighted by Gasteiger charge is -2.10. The Morgan fingerprint density at radius 1 is 1.42 bits per heavy atom. The van der Waals surface area contributed by atoms with Crippen molar-refractivity contribution < 1.29 is 4.79 Å². The highest BCUT2D eigenvalue weighted by Crippen LogP contribution is 2.18. The zero-order chi connectivity index (χ0) is 12.8. The normalized spacial score (nSPS) is 17.8. The lowest BCUT2D eigenvalue weighted by molar-refractivity contribution is -0.116. The topological polar surface area (TPSA) is 41.1 Å². The number of anilines is 1. The molecular weight excluding hydrogens is 280 g/mol. The summed E-state index contributed by atoms with van der Waals surface area (Å²) in [6.45, 7) is 1.10. The van der Waals surface area contributed by atoms with Gasteiger partial charge in [0.15, 0.2) is 0 Å². The van der Waals surface area contributed by atoms with Gasteiger partial charge in [-0.25, -0.2) is 0 Å². The molecule has 1 amide bonds. The van der Waals surface area contributed by atoms with Crippen LogP contribution < -0.4 is 10.6 Å². The van der Waals surface area contributed by atoms with Crippen LogP contribution in [0.5, 0.6) is 0 Å². The minimum absolute atomic E-state index is 0. The zero-order valence-corrected chi connectivity index (χ0v) is 12.8. The first kappa shape index (κ1) is 16.3. The van der Waals surface area contributed by atoms with E-state index in [9.17, 15) is 4.79 Å². The van der Waals surface area contributed by atoms with Crippen molar-refractivity contribution in [3.63, 3.8) is 0 Å². The molecule has 3 nitrogen and oxygen atoms in total. The van der Waals surface area contributed by atoms with Gasteiger partial charge in [-0.05, 0) is 56.3 Å². The van der Waals surface area contributed by atoms with E-state index in [2.05, 4.69) is 10.6 Å². The molecule has 1 unspecified atom stereocenters. The third-order valence-electron chi connectivity index (χ3n) is 3.26. The van der Waals surface area contributed by atoms with Gasteiger partial charge in [-0.1, -0.05) is 0 Å². The number of benzene rings is 1. The van der Waals surface area contributed by atoms with Gasteiger partial charge < -0.3 is 10.6 Å². The molecule has 1 saturated heterocycles. The monoisotopic (exact) mass is 300 g/mol. The highest BCUT2D eigenvalue weighted by Gasteiger charge is 2.15. The summed E-state index contributed by atoms with van der Waals surface area (Å²) in [6.07, 6.45) is 6.02. The van der Waals surface area contributed by atoms with E-state index in [4.69, 9.17) is 0 Å². The van der Waals surface area contributed by atoms with Gasteiger partial charge in [-0.3, -0.25) is 4.79 Å². The molecule has 1 aliphatic heterocycles. The molecule has 1 aromatic rings. The maximum Gasteiger partial charge on any atom is 0.224 e. The number of carbonyl (C=O) groups excluding carboxylic acids is 1. The molecule has 2 N–H and O–H groups in total. The maximum absolute atomic E-state index is 11.8. The lowest BCUT2D eigenvalue weighted by Crippen LogP contribution is -2.23. The predicted octanol–water partition coefficient (Wildman–Crippen LogP) is 3.30. The summed E-state index contributed by atoms with van der Waals surface area (Å²) in [7, 11) is 0. The largest absolute Gasteiger partial charge is 0.326 e. The number of nitrogens with one attached hydrogen (secondary N) is 2. The Kier molecular flexibility index (Phi) is 7.28. The summed E-state index contributed by atoms with van der Waals surface area (Å²) in [5.41, 5.74) is 0.886. The maximum atomic E-state index is 11.8. The molecule has 0 aliphatic carbocycles. The Bertz CT molecular complexity index is 391. The third-order valence-corrected chi connectivity index (χ3v) is 4.00. The van der Waals surface area contributed by atoms with Crippen molar-refractivity contribution in [3.05, 3.63) is 24.3 Å². The molecule has 106 valence electrons. The smallest absolute Gasteiger partial charge is 0.224 e. The van der Waals surface area contributed by atoms with Crippen LogP contribution in [0.25, 0.3) is 0 Å². The van der Waals surface area contributed by atoms with Crippen molar-refractivity contribution >= 4 is 35.8 Å². The van der Waals surface area contributed by atoms with Crippen molar-refractivity contribution in [1.82, 2.24) is 5.32 Å². The molecule has 19 heavy (non-hydrogen) atoms. The average molecular weight is 301 g/mol. The van der Waals surface area contributed by atoms with Gasteiger partial charge in [-0.2, -0.15) is 0 Å². The minimum atomic E-state index is 0. The van der Waals surface area contributed by atoms with Gasteiger partial charge in [0.05, 0.1) is 0 Å². The van der Waals surface area contributed by atoms with E-state index < -0.39 is 0 Å². The van der Waals surface area contributed by atoms with Crippen LogP contribution in [0.2, 0.25) is 0 Å². The summed E-state index contributed by atoms with van der Waals surface area (Å²) in [4.78, 5) is 13.0. The Balaban J connectivity index is 0.00000180. The molecule has 0 saturated carbocycles. The molecule has 1 aromatic carbocycles. The van der Waals surface area contributed by atoms with Crippen molar-refractivity contribution in [3.8, 4) is 0 Å². The van der Waals surface area contributed by atoms with E-state index in [0.717, 1.165) is 18.7 Å². The number of amides is 1. The number of rotatable bonds is 5. The Labute approximate surface area is 125 Å². The summed E-state index contributed by atoms with van der Waals surface area (Å²) < 4.78 is 0. The SMILES string of the molecule is CSc1ccc(NC(=O)CCC2CCCN2)cc1.Cl. The fraction of sp³-hybridized carbons (Fsp3) is 0.500. The average Bonchev–Trinajstić information content (AvgIpc) is 2.90. The highest BCUT2D eigenvalue weighted by molar-refractivity contribution is 7.98. The number of carbonyl (C=O) groups is 1. The van der Waals surface area contributed by atoms with Gasteiger partial charge in [0.1, 0.15) is 0 Å². The van der Waals surface area contributed by atoms with Crippen LogP contribution >= 0.6 is 24.2 Å². The van der Waals surface area contributed by atoms with Crippen LogP contribution in [0.15, 0.2) is 29.2 Å². The molecule has 0 spiro atoms. The van der Waals surface area contributed by atoms with E-state index in [1.54, 1.807) is 11.8 Å². The van der Waals surface area contributed by atoms with E-state index in [1.165, 1.54) is 17.7 Å². The Morgan fingerprint density at radius 3 is 2.74 bits per heavy atom. The second-order valence-corrected chi connectivity index (χ2v) is 5.49. The van der Waals surface area contributed by atoms with E-state index in [0.29, 0.717) is 12.5 Å². The van der Waals surface area contributed by atoms with Crippen molar-refractivity contribution in [1.29, 1.82) is 0 Å². The number of thioether (sulfide) groups is 1. The molecule has 1 heterocycles. The molecule has 5 heteroatoms. The number of hydrogen-bond acceptors (Lipinski definition) is 3. The first-order valence-corrected chi connectivity index (χ1v) is 7.67. The van der Waals surface area contributed by atoms with Crippen molar-refractivity contribution in [2.75, 3.05) is 18.1 Å². The fourth-order valence-electron chi connectivity index (χ4n) is 2.21. The fourth-order valence-corrected chi connectivity index (χ4v) is 2.61. The number of hydrogen-bond donors (Lipinski definition) is 2. The minimum Gasteiger partial charge on any atom is -0.326 e. The van der Waals surface area contributed by atoms with E-state index >= 15 is 0 Å². The van der Waals surface area contributed by atoms with E-state index in [1.807, 2.05) is 30.5 Å². The Hall–Kier alpha value is -0.710. The van der Waals surface area contributed by atoms with Crippen LogP contribution in [0, 0.1) is 0 Å². The summed E-state index contributed by atoms with van der Waals surface area (Å²) in [5.74, 6) is 0.112. The van der Waals surface area contributed by atoms with Crippen LogP contribution in [0.1, 0.15) is 25.7 Å². The summed E-state index contributed by atoms with van der Waals surface area (Å²) in [6, 6.07) is 8.50. The Morgan fingerprint density at radius 2 is 2.16 bits per heavy atom. The highest BCUT2D eigenvalue weighted by atomic mass is 35.5. The molecule has 1 atom stereocenters. The zero-order valence-electron chi connectivity index (χ0n) is 11.1. The standard InChI is InChI=1S/C14H20N2OS.ClH/c1-18-13-7-4-12(5-8-13)16-14(17)9-6-11-3-2-10-15-11;/h4-5,7-8,11,15H,2-3,6,9-10H2,1H3,(H,16,17);1H. The third kappa shape index (κ3) is 5.43. The van der Waals surface area contributed by atoms with Gasteiger partial charge in [-0.15, -0.1) is 24.2 Å². The van der Waals surface area contributed by atoms with Crippen molar-refractivity contribution in [2.45, 2.75) is 36.6 Å². The number of halogens is 1. The van der Waals surface area contributed by atoms with Gasteiger partial charge in [0.25, 0.3) is 0 Å². The second kappa shape index (κ2) is 8.46. The van der Waals surface area contributed by atoms with Gasteiger partial charge >= 0.3 is 0 Å². The van der Waals surface area contributed by atoms with Gasteiger partial charge in [0, 0.05) is 23.0 Å². The summed E-state index contributed by atoms with van der Waals surface area (Å²) >= 11 is 1.70. The second-order valence-electron chi connectivity index (χ2n) is 4.61. The van der Waals surface area contributed by atoms with Crippen LogP contribution in [-0.2, 0) is 4.79 Å². The lowest BCUT2D eigenvalue weighted by atomic mass is 10.1. The van der Waals surface area contributed by atoms with Crippen LogP contribution in [-0.4, -0.2) is 24.7 Å². The molecule has 1 fully saturated rings. The van der Waals surface area contributed by atoms with Gasteiger partial charge in [0.2, 0.25) is 5.91 Å². The quantitative estimate of drug-likeness (QED) is 0.820. The molecule has 0 aromatic heterocycles. The molecule has 2 rings (SSSR count). The molecule has 1 aliphatic rings. The van der Waals surface area contributed by atoms with Crippen LogP contribution in [0.3, 0.4) is 0 Å². The molecule has 0 bridgehead atoms. The van der Waals surface area contributed by atoms with Crippen LogP contribution in [0.4, 0.5) is 5.69 Å². The first-order chi connectivity index (χ1) is 8.78.